The summed E-state index contributed by atoms with van der Waals surface area (Å²) in [7, 11) is 0. The molecule has 0 radical (unpaired) electrons. The zero-order valence-corrected chi connectivity index (χ0v) is 20.6. The molecule has 2 heterocycles. The van der Waals surface area contributed by atoms with E-state index in [1.165, 1.54) is 22.3 Å². The van der Waals surface area contributed by atoms with E-state index in [4.69, 9.17) is 9.97 Å². The Balaban J connectivity index is 0.00000114. The Kier molecular flexibility index (Phi) is 7.87. The second-order valence-corrected chi connectivity index (χ2v) is 7.21. The first-order valence-corrected chi connectivity index (χ1v) is 9.53. The summed E-state index contributed by atoms with van der Waals surface area (Å²) in [6.45, 7) is 4.11. The first-order valence-electron chi connectivity index (χ1n) is 9.53. The van der Waals surface area contributed by atoms with Gasteiger partial charge in [-0.05, 0) is 48.2 Å². The zero-order chi connectivity index (χ0) is 19.1. The van der Waals surface area contributed by atoms with E-state index < -0.39 is 0 Å². The van der Waals surface area contributed by atoms with Crippen LogP contribution in [0.5, 0.6) is 0 Å². The smallest absolute Gasteiger partial charge is 0.358 e. The minimum atomic E-state index is 0. The molecule has 3 aromatic carbocycles. The monoisotopic (exact) mass is 585 g/mol. The van der Waals surface area contributed by atoms with Crippen LogP contribution in [0.15, 0.2) is 84.9 Å². The van der Waals surface area contributed by atoms with Crippen molar-refractivity contribution in [3.05, 3.63) is 111 Å². The van der Waals surface area contributed by atoms with Crippen LogP contribution in [0.25, 0.3) is 44.1 Å². The SMILES string of the molecule is Cc1cc(-c2ccccc2)c2ccc3c(-c4ccccc4)cc(C)nc3c2n1.[CH3-].[CH3-].[Pt+4]. The van der Waals surface area contributed by atoms with Crippen molar-refractivity contribution < 1.29 is 21.1 Å². The van der Waals surface area contributed by atoms with Gasteiger partial charge in [0.1, 0.15) is 0 Å². The van der Waals surface area contributed by atoms with Crippen LogP contribution in [0.4, 0.5) is 0 Å². The van der Waals surface area contributed by atoms with Crippen LogP contribution in [-0.2, 0) is 21.1 Å². The van der Waals surface area contributed by atoms with Crippen molar-refractivity contribution in [2.75, 3.05) is 0 Å². The van der Waals surface area contributed by atoms with Gasteiger partial charge in [0, 0.05) is 22.2 Å². The maximum Gasteiger partial charge on any atom is 4.00 e. The largest absolute Gasteiger partial charge is 4.00 e. The molecule has 5 aromatic rings. The van der Waals surface area contributed by atoms with Crippen molar-refractivity contribution in [1.29, 1.82) is 0 Å². The summed E-state index contributed by atoms with van der Waals surface area (Å²) >= 11 is 0. The third-order valence-electron chi connectivity index (χ3n) is 5.18. The summed E-state index contributed by atoms with van der Waals surface area (Å²) in [6, 6.07) is 29.7. The first kappa shape index (κ1) is 24.4. The van der Waals surface area contributed by atoms with Crippen LogP contribution < -0.4 is 0 Å². The molecular formula is C28H26N2Pt+2. The Bertz CT molecular complexity index is 1210. The van der Waals surface area contributed by atoms with Crippen LogP contribution in [0, 0.1) is 28.7 Å². The number of rotatable bonds is 2. The normalized spacial score (nSPS) is 10.1. The second-order valence-electron chi connectivity index (χ2n) is 7.21. The fourth-order valence-electron chi connectivity index (χ4n) is 3.94. The van der Waals surface area contributed by atoms with Crippen molar-refractivity contribution in [3.63, 3.8) is 0 Å². The number of pyridine rings is 2. The molecule has 0 spiro atoms. The van der Waals surface area contributed by atoms with Gasteiger partial charge in [-0.25, -0.2) is 0 Å². The zero-order valence-electron chi connectivity index (χ0n) is 18.3. The summed E-state index contributed by atoms with van der Waals surface area (Å²) in [5, 5.41) is 2.28. The first-order chi connectivity index (χ1) is 13.7. The van der Waals surface area contributed by atoms with Crippen LogP contribution in [-0.4, -0.2) is 9.97 Å². The number of aromatic nitrogens is 2. The number of aryl methyl sites for hydroxylation is 2. The summed E-state index contributed by atoms with van der Waals surface area (Å²) in [6.07, 6.45) is 0. The van der Waals surface area contributed by atoms with Gasteiger partial charge >= 0.3 is 21.1 Å². The molecule has 2 nitrogen and oxygen atoms in total. The molecule has 31 heavy (non-hydrogen) atoms. The molecule has 5 rings (SSSR count). The quantitative estimate of drug-likeness (QED) is 0.157. The molecule has 0 fully saturated rings. The third kappa shape index (κ3) is 4.45. The van der Waals surface area contributed by atoms with Crippen LogP contribution >= 0.6 is 0 Å². The van der Waals surface area contributed by atoms with E-state index in [9.17, 15) is 0 Å². The number of hydrogen-bond donors (Lipinski definition) is 0. The van der Waals surface area contributed by atoms with Gasteiger partial charge in [-0.1, -0.05) is 72.8 Å². The minimum absolute atomic E-state index is 0. The van der Waals surface area contributed by atoms with Gasteiger partial charge in [-0.3, -0.25) is 9.97 Å². The Morgan fingerprint density at radius 2 is 0.871 bits per heavy atom. The minimum Gasteiger partial charge on any atom is -0.358 e. The molecule has 0 aliphatic rings. The van der Waals surface area contributed by atoms with Gasteiger partial charge in [0.2, 0.25) is 0 Å². The van der Waals surface area contributed by atoms with E-state index in [2.05, 4.69) is 86.6 Å². The van der Waals surface area contributed by atoms with Gasteiger partial charge in [0.25, 0.3) is 0 Å². The average Bonchev–Trinajstić information content (AvgIpc) is 2.74. The fraction of sp³-hybridized carbons (Fsp3) is 0.0714. The van der Waals surface area contributed by atoms with E-state index in [0.29, 0.717) is 0 Å². The molecule has 0 amide bonds. The predicted octanol–water partition coefficient (Wildman–Crippen LogP) is 7.63. The number of hydrogen-bond acceptors (Lipinski definition) is 2. The molecule has 0 aliphatic carbocycles. The number of fused-ring (bicyclic) bond motifs is 3. The van der Waals surface area contributed by atoms with Gasteiger partial charge < -0.3 is 14.9 Å². The van der Waals surface area contributed by atoms with Crippen molar-refractivity contribution in [1.82, 2.24) is 9.97 Å². The summed E-state index contributed by atoms with van der Waals surface area (Å²) in [5.41, 5.74) is 8.76. The van der Waals surface area contributed by atoms with Crippen LogP contribution in [0.2, 0.25) is 0 Å². The molecular weight excluding hydrogens is 559 g/mol. The Hall–Kier alpha value is -2.83. The molecule has 0 saturated heterocycles. The number of nitrogens with zero attached hydrogens (tertiary/aromatic N) is 2. The van der Waals surface area contributed by atoms with Gasteiger partial charge in [0.15, 0.2) is 0 Å². The summed E-state index contributed by atoms with van der Waals surface area (Å²) < 4.78 is 0. The van der Waals surface area contributed by atoms with Gasteiger partial charge in [0.05, 0.1) is 11.0 Å². The van der Waals surface area contributed by atoms with E-state index in [0.717, 1.165) is 33.2 Å². The maximum absolute atomic E-state index is 4.90. The number of benzene rings is 3. The molecule has 0 aliphatic heterocycles. The predicted molar refractivity (Wildman–Crippen MR) is 130 cm³/mol. The Labute approximate surface area is 199 Å². The third-order valence-corrected chi connectivity index (χ3v) is 5.18. The van der Waals surface area contributed by atoms with Gasteiger partial charge in [-0.2, -0.15) is 0 Å². The average molecular weight is 586 g/mol. The summed E-state index contributed by atoms with van der Waals surface area (Å²) in [4.78, 5) is 9.81. The van der Waals surface area contributed by atoms with E-state index >= 15 is 0 Å². The molecule has 0 unspecified atom stereocenters. The van der Waals surface area contributed by atoms with E-state index in [1.807, 2.05) is 12.1 Å². The van der Waals surface area contributed by atoms with E-state index in [-0.39, 0.29) is 35.9 Å². The van der Waals surface area contributed by atoms with Crippen molar-refractivity contribution in [2.45, 2.75) is 13.8 Å². The molecule has 0 N–H and O–H groups in total. The molecule has 3 heteroatoms. The topological polar surface area (TPSA) is 25.8 Å². The maximum atomic E-state index is 4.90. The van der Waals surface area contributed by atoms with Crippen LogP contribution in [0.1, 0.15) is 11.4 Å². The molecule has 0 atom stereocenters. The Morgan fingerprint density at radius 1 is 0.516 bits per heavy atom. The van der Waals surface area contributed by atoms with Gasteiger partial charge in [-0.15, -0.1) is 0 Å². The summed E-state index contributed by atoms with van der Waals surface area (Å²) in [5.74, 6) is 0. The molecule has 156 valence electrons. The fourth-order valence-corrected chi connectivity index (χ4v) is 3.94. The Morgan fingerprint density at radius 3 is 1.23 bits per heavy atom. The second kappa shape index (κ2) is 9.98. The standard InChI is InChI=1S/C26H20N2.2CH3.Pt/c1-17-15-23(19-9-5-3-6-10-19)21-13-14-22-24(20-11-7-4-8-12-20)16-18(2)28-26(22)25(21)27-17;;;/h3-16H,1-2H3;2*1H3;/q;2*-1;+4. The van der Waals surface area contributed by atoms with Crippen molar-refractivity contribution in [3.8, 4) is 22.3 Å². The van der Waals surface area contributed by atoms with E-state index in [1.54, 1.807) is 0 Å². The molecule has 0 bridgehead atoms. The molecule has 0 saturated carbocycles. The molecule has 2 aromatic heterocycles. The van der Waals surface area contributed by atoms with Crippen LogP contribution in [0.3, 0.4) is 0 Å². The van der Waals surface area contributed by atoms with Crippen molar-refractivity contribution >= 4 is 21.8 Å². The van der Waals surface area contributed by atoms with Crippen molar-refractivity contribution in [2.24, 2.45) is 0 Å².